The van der Waals surface area contributed by atoms with Gasteiger partial charge < -0.3 is 18.9 Å². The molecule has 0 aliphatic carbocycles. The van der Waals surface area contributed by atoms with Gasteiger partial charge in [-0.05, 0) is 37.0 Å². The molecule has 220 valence electrons. The summed E-state index contributed by atoms with van der Waals surface area (Å²) in [6.07, 6.45) is 12.1. The molecule has 0 amide bonds. The van der Waals surface area contributed by atoms with E-state index in [0.717, 1.165) is 56.8 Å². The summed E-state index contributed by atoms with van der Waals surface area (Å²) >= 11 is 0. The summed E-state index contributed by atoms with van der Waals surface area (Å²) in [6.45, 7) is 7.50. The molecular formula is C33H44F2O5. The van der Waals surface area contributed by atoms with Gasteiger partial charge in [0.15, 0.2) is 17.9 Å². The second-order valence-corrected chi connectivity index (χ2v) is 10.4. The number of carbonyl (C=O) groups excluding carboxylic acids is 1. The van der Waals surface area contributed by atoms with Crippen molar-refractivity contribution < 1.29 is 32.5 Å². The van der Waals surface area contributed by atoms with Crippen LogP contribution in [0.4, 0.5) is 8.78 Å². The maximum atomic E-state index is 15.1. The molecular weight excluding hydrogens is 514 g/mol. The molecule has 7 heteroatoms. The molecule has 0 radical (unpaired) electrons. The third-order valence-electron chi connectivity index (χ3n) is 7.18. The molecule has 0 N–H and O–H groups in total. The van der Waals surface area contributed by atoms with Crippen LogP contribution in [0.25, 0.3) is 11.1 Å². The smallest absolute Gasteiger partial charge is 0.330 e. The largest absolute Gasteiger partial charge is 0.494 e. The lowest BCUT2D eigenvalue weighted by Gasteiger charge is -2.30. The first-order valence-corrected chi connectivity index (χ1v) is 14.8. The van der Waals surface area contributed by atoms with Crippen LogP contribution < -0.4 is 4.74 Å². The lowest BCUT2D eigenvalue weighted by molar-refractivity contribution is -0.207. The summed E-state index contributed by atoms with van der Waals surface area (Å²) in [4.78, 5) is 11.0. The van der Waals surface area contributed by atoms with Gasteiger partial charge >= 0.3 is 5.97 Å². The highest BCUT2D eigenvalue weighted by molar-refractivity contribution is 5.81. The second-order valence-electron chi connectivity index (χ2n) is 10.4. The highest BCUT2D eigenvalue weighted by Crippen LogP contribution is 2.34. The third kappa shape index (κ3) is 10.3. The van der Waals surface area contributed by atoms with E-state index in [1.807, 2.05) is 0 Å². The molecule has 1 heterocycles. The Morgan fingerprint density at radius 2 is 1.52 bits per heavy atom. The van der Waals surface area contributed by atoms with Crippen molar-refractivity contribution in [2.75, 3.05) is 26.4 Å². The van der Waals surface area contributed by atoms with Crippen molar-refractivity contribution >= 4 is 5.97 Å². The van der Waals surface area contributed by atoms with Gasteiger partial charge in [-0.1, -0.05) is 89.1 Å². The average molecular weight is 559 g/mol. The van der Waals surface area contributed by atoms with E-state index in [2.05, 4.69) is 13.5 Å². The number of unbranched alkanes of at least 4 members (excludes halogenated alkanes) is 8. The first kappa shape index (κ1) is 31.8. The van der Waals surface area contributed by atoms with Crippen molar-refractivity contribution in [1.82, 2.24) is 0 Å². The zero-order chi connectivity index (χ0) is 28.6. The predicted octanol–water partition coefficient (Wildman–Crippen LogP) is 8.71. The van der Waals surface area contributed by atoms with Crippen LogP contribution in [-0.2, 0) is 19.0 Å². The molecule has 0 spiro atoms. The molecule has 5 nitrogen and oxygen atoms in total. The monoisotopic (exact) mass is 558 g/mol. The summed E-state index contributed by atoms with van der Waals surface area (Å²) in [6, 6.07) is 10.2. The molecule has 3 rings (SSSR count). The Kier molecular flexibility index (Phi) is 14.1. The van der Waals surface area contributed by atoms with Crippen molar-refractivity contribution in [2.24, 2.45) is 5.92 Å². The van der Waals surface area contributed by atoms with Gasteiger partial charge in [0.25, 0.3) is 0 Å². The molecule has 1 saturated heterocycles. The Labute approximate surface area is 237 Å². The number of esters is 1. The predicted molar refractivity (Wildman–Crippen MR) is 153 cm³/mol. The maximum absolute atomic E-state index is 15.1. The summed E-state index contributed by atoms with van der Waals surface area (Å²) in [7, 11) is 0. The Morgan fingerprint density at radius 1 is 0.875 bits per heavy atom. The Balaban J connectivity index is 1.41. The average Bonchev–Trinajstić information content (AvgIpc) is 2.98. The zero-order valence-corrected chi connectivity index (χ0v) is 23.8. The van der Waals surface area contributed by atoms with E-state index in [-0.39, 0.29) is 17.0 Å². The van der Waals surface area contributed by atoms with Crippen LogP contribution in [0.3, 0.4) is 0 Å². The normalized spacial score (nSPS) is 17.0. The summed E-state index contributed by atoms with van der Waals surface area (Å²) in [5.74, 6) is -1.31. The molecule has 40 heavy (non-hydrogen) atoms. The van der Waals surface area contributed by atoms with Crippen LogP contribution in [0.15, 0.2) is 49.1 Å². The van der Waals surface area contributed by atoms with E-state index in [9.17, 15) is 4.79 Å². The number of carbonyl (C=O) groups is 1. The molecule has 0 unspecified atom stereocenters. The van der Waals surface area contributed by atoms with Gasteiger partial charge in [-0.3, -0.25) is 0 Å². The Hall–Kier alpha value is -2.77. The van der Waals surface area contributed by atoms with Gasteiger partial charge in [-0.15, -0.1) is 0 Å². The third-order valence-corrected chi connectivity index (χ3v) is 7.18. The molecule has 1 aliphatic rings. The fraction of sp³-hybridized carbons (Fsp3) is 0.545. The quantitative estimate of drug-likeness (QED) is 0.104. The fourth-order valence-corrected chi connectivity index (χ4v) is 4.78. The zero-order valence-electron chi connectivity index (χ0n) is 23.8. The molecule has 2 aromatic carbocycles. The van der Waals surface area contributed by atoms with E-state index < -0.39 is 23.9 Å². The summed E-state index contributed by atoms with van der Waals surface area (Å²) in [5.41, 5.74) is 0.851. The molecule has 0 atom stereocenters. The van der Waals surface area contributed by atoms with E-state index >= 15 is 8.78 Å². The molecule has 2 aromatic rings. The van der Waals surface area contributed by atoms with Gasteiger partial charge in [0.2, 0.25) is 0 Å². The van der Waals surface area contributed by atoms with Crippen LogP contribution >= 0.6 is 0 Å². The van der Waals surface area contributed by atoms with Crippen LogP contribution in [0.5, 0.6) is 5.75 Å². The number of hydrogen-bond donors (Lipinski definition) is 0. The summed E-state index contributed by atoms with van der Waals surface area (Å²) in [5, 5.41) is 0. The van der Waals surface area contributed by atoms with Gasteiger partial charge in [0, 0.05) is 23.1 Å². The standard InChI is InChI=1S/C33H44F2O5/c1-3-5-6-7-9-12-21-37-27-17-15-26(16-18-27)28-19-20-29(32(35)31(28)34)33-39-23-25(24-40-33)14-11-8-10-13-22-38-30(36)4-2/h4,15-20,25,33H,2-3,5-14,21-24H2,1H3. The van der Waals surface area contributed by atoms with Crippen LogP contribution in [0.1, 0.15) is 89.4 Å². The molecule has 0 saturated carbocycles. The van der Waals surface area contributed by atoms with E-state index in [0.29, 0.717) is 32.0 Å². The van der Waals surface area contributed by atoms with Crippen molar-refractivity contribution in [3.8, 4) is 16.9 Å². The first-order valence-electron chi connectivity index (χ1n) is 14.8. The minimum atomic E-state index is -0.943. The lowest BCUT2D eigenvalue weighted by atomic mass is 10.00. The van der Waals surface area contributed by atoms with E-state index in [1.165, 1.54) is 25.7 Å². The van der Waals surface area contributed by atoms with Crippen LogP contribution in [-0.4, -0.2) is 32.4 Å². The molecule has 0 bridgehead atoms. The van der Waals surface area contributed by atoms with Crippen LogP contribution in [0, 0.1) is 17.6 Å². The maximum Gasteiger partial charge on any atom is 0.330 e. The van der Waals surface area contributed by atoms with Gasteiger partial charge in [0.1, 0.15) is 5.75 Å². The highest BCUT2D eigenvalue weighted by atomic mass is 19.2. The van der Waals surface area contributed by atoms with E-state index in [4.69, 9.17) is 18.9 Å². The van der Waals surface area contributed by atoms with Crippen molar-refractivity contribution in [1.29, 1.82) is 0 Å². The topological polar surface area (TPSA) is 54.0 Å². The highest BCUT2D eigenvalue weighted by Gasteiger charge is 2.28. The van der Waals surface area contributed by atoms with Gasteiger partial charge in [-0.2, -0.15) is 0 Å². The fourth-order valence-electron chi connectivity index (χ4n) is 4.78. The Bertz CT molecular complexity index is 1030. The van der Waals surface area contributed by atoms with E-state index in [1.54, 1.807) is 36.4 Å². The molecule has 1 fully saturated rings. The number of halogens is 2. The van der Waals surface area contributed by atoms with Gasteiger partial charge in [-0.25, -0.2) is 13.6 Å². The number of hydrogen-bond acceptors (Lipinski definition) is 5. The second kappa shape index (κ2) is 17.8. The van der Waals surface area contributed by atoms with Crippen molar-refractivity contribution in [3.05, 3.63) is 66.3 Å². The molecule has 1 aliphatic heterocycles. The molecule has 0 aromatic heterocycles. The minimum Gasteiger partial charge on any atom is -0.494 e. The first-order chi connectivity index (χ1) is 19.5. The minimum absolute atomic E-state index is 0.0765. The number of rotatable bonds is 18. The van der Waals surface area contributed by atoms with Crippen LogP contribution in [0.2, 0.25) is 0 Å². The van der Waals surface area contributed by atoms with Crippen molar-refractivity contribution in [2.45, 2.75) is 83.8 Å². The SMILES string of the molecule is C=CC(=O)OCCCCCCC1COC(c2ccc(-c3ccc(OCCCCCCCC)cc3)c(F)c2F)OC1. The van der Waals surface area contributed by atoms with Crippen molar-refractivity contribution in [3.63, 3.8) is 0 Å². The lowest BCUT2D eigenvalue weighted by Crippen LogP contribution is -2.27. The summed E-state index contributed by atoms with van der Waals surface area (Å²) < 4.78 is 52.4. The number of ether oxygens (including phenoxy) is 4. The number of benzene rings is 2. The van der Waals surface area contributed by atoms with Gasteiger partial charge in [0.05, 0.1) is 26.4 Å². The Morgan fingerprint density at radius 3 is 2.23 bits per heavy atom.